The van der Waals surface area contributed by atoms with Gasteiger partial charge in [0.25, 0.3) is 0 Å². The van der Waals surface area contributed by atoms with E-state index < -0.39 is 0 Å². The summed E-state index contributed by atoms with van der Waals surface area (Å²) in [6.45, 7) is 8.62. The molecule has 4 heteroatoms. The average molecular weight is 237 g/mol. The van der Waals surface area contributed by atoms with Crippen LogP contribution in [0.25, 0.3) is 0 Å². The third-order valence-corrected chi connectivity index (χ3v) is 3.30. The van der Waals surface area contributed by atoms with Gasteiger partial charge in [0, 0.05) is 11.8 Å². The van der Waals surface area contributed by atoms with E-state index in [1.54, 1.807) is 0 Å². The van der Waals surface area contributed by atoms with E-state index in [-0.39, 0.29) is 5.41 Å². The van der Waals surface area contributed by atoms with Crippen molar-refractivity contribution in [3.05, 3.63) is 11.7 Å². The van der Waals surface area contributed by atoms with Gasteiger partial charge in [-0.25, -0.2) is 0 Å². The van der Waals surface area contributed by atoms with E-state index in [0.29, 0.717) is 0 Å². The first-order chi connectivity index (χ1) is 8.05. The number of aryl methyl sites for hydroxylation is 1. The quantitative estimate of drug-likeness (QED) is 0.876. The van der Waals surface area contributed by atoms with E-state index in [9.17, 15) is 0 Å². The summed E-state index contributed by atoms with van der Waals surface area (Å²) >= 11 is 0. The molecule has 1 aromatic rings. The highest BCUT2D eigenvalue weighted by Crippen LogP contribution is 2.20. The average Bonchev–Trinajstić information content (AvgIpc) is 2.76. The van der Waals surface area contributed by atoms with Crippen molar-refractivity contribution < 1.29 is 4.52 Å². The minimum atomic E-state index is -0.0197. The second-order valence-corrected chi connectivity index (χ2v) is 6.01. The van der Waals surface area contributed by atoms with Crippen LogP contribution in [0, 0.1) is 5.92 Å². The Bertz CT molecular complexity index is 348. The maximum atomic E-state index is 5.30. The highest BCUT2D eigenvalue weighted by Gasteiger charge is 2.21. The Labute approximate surface area is 103 Å². The number of aromatic nitrogens is 2. The molecular formula is C13H23N3O. The second kappa shape index (κ2) is 5.17. The fourth-order valence-corrected chi connectivity index (χ4v) is 2.16. The zero-order valence-corrected chi connectivity index (χ0v) is 11.1. The molecule has 1 fully saturated rings. The van der Waals surface area contributed by atoms with E-state index in [1.807, 2.05) is 0 Å². The third kappa shape index (κ3) is 3.53. The van der Waals surface area contributed by atoms with Crippen LogP contribution in [0.3, 0.4) is 0 Å². The fourth-order valence-electron chi connectivity index (χ4n) is 2.16. The number of hydrogen-bond acceptors (Lipinski definition) is 4. The maximum absolute atomic E-state index is 5.30. The molecule has 0 bridgehead atoms. The minimum absolute atomic E-state index is 0.0197. The third-order valence-electron chi connectivity index (χ3n) is 3.30. The molecule has 1 aliphatic rings. The second-order valence-electron chi connectivity index (χ2n) is 6.01. The van der Waals surface area contributed by atoms with Gasteiger partial charge >= 0.3 is 0 Å². The van der Waals surface area contributed by atoms with Crippen LogP contribution in [-0.4, -0.2) is 23.2 Å². The monoisotopic (exact) mass is 237 g/mol. The van der Waals surface area contributed by atoms with Crippen molar-refractivity contribution in [2.45, 2.75) is 51.9 Å². The first-order valence-electron chi connectivity index (χ1n) is 6.59. The summed E-state index contributed by atoms with van der Waals surface area (Å²) in [5.41, 5.74) is -0.0197. The van der Waals surface area contributed by atoms with Crippen molar-refractivity contribution >= 4 is 0 Å². The van der Waals surface area contributed by atoms with Crippen molar-refractivity contribution in [2.24, 2.45) is 5.92 Å². The smallest absolute Gasteiger partial charge is 0.226 e. The Morgan fingerprint density at radius 3 is 2.82 bits per heavy atom. The molecular weight excluding hydrogens is 214 g/mol. The Balaban J connectivity index is 1.84. The molecule has 0 saturated carbocycles. The van der Waals surface area contributed by atoms with Gasteiger partial charge < -0.3 is 9.84 Å². The topological polar surface area (TPSA) is 51.0 Å². The van der Waals surface area contributed by atoms with Gasteiger partial charge in [0.1, 0.15) is 0 Å². The Hall–Kier alpha value is -0.900. The van der Waals surface area contributed by atoms with Crippen LogP contribution >= 0.6 is 0 Å². The van der Waals surface area contributed by atoms with Crippen LogP contribution in [0.15, 0.2) is 4.52 Å². The lowest BCUT2D eigenvalue weighted by atomic mass is 9.94. The molecule has 2 heterocycles. The molecule has 4 nitrogen and oxygen atoms in total. The minimum Gasteiger partial charge on any atom is -0.339 e. The van der Waals surface area contributed by atoms with E-state index >= 15 is 0 Å². The van der Waals surface area contributed by atoms with Crippen molar-refractivity contribution in [1.29, 1.82) is 0 Å². The first-order valence-corrected chi connectivity index (χ1v) is 6.59. The van der Waals surface area contributed by atoms with Gasteiger partial charge in [-0.2, -0.15) is 4.98 Å². The summed E-state index contributed by atoms with van der Waals surface area (Å²) in [5.74, 6) is 2.38. The number of piperidine rings is 1. The predicted octanol–water partition coefficient (Wildman–Crippen LogP) is 2.30. The van der Waals surface area contributed by atoms with Gasteiger partial charge in [-0.3, -0.25) is 0 Å². The molecule has 1 saturated heterocycles. The van der Waals surface area contributed by atoms with Crippen LogP contribution in [0.1, 0.15) is 51.7 Å². The number of nitrogens with zero attached hydrogens (tertiary/aromatic N) is 2. The highest BCUT2D eigenvalue weighted by atomic mass is 16.5. The normalized spacial score (nSPS) is 21.7. The predicted molar refractivity (Wildman–Crippen MR) is 66.9 cm³/mol. The van der Waals surface area contributed by atoms with Crippen molar-refractivity contribution in [3.63, 3.8) is 0 Å². The molecule has 1 atom stereocenters. The van der Waals surface area contributed by atoms with Crippen LogP contribution in [0.5, 0.6) is 0 Å². The number of rotatable bonds is 3. The van der Waals surface area contributed by atoms with Crippen LogP contribution in [0.4, 0.5) is 0 Å². The molecule has 17 heavy (non-hydrogen) atoms. The molecule has 0 radical (unpaired) electrons. The molecule has 1 unspecified atom stereocenters. The van der Waals surface area contributed by atoms with E-state index in [2.05, 4.69) is 36.2 Å². The summed E-state index contributed by atoms with van der Waals surface area (Å²) in [5, 5.41) is 7.48. The molecule has 0 aromatic carbocycles. The lowest BCUT2D eigenvalue weighted by Crippen LogP contribution is -2.29. The lowest BCUT2D eigenvalue weighted by molar-refractivity contribution is 0.323. The zero-order valence-electron chi connectivity index (χ0n) is 11.1. The van der Waals surface area contributed by atoms with Crippen LogP contribution < -0.4 is 5.32 Å². The van der Waals surface area contributed by atoms with Crippen LogP contribution in [0.2, 0.25) is 0 Å². The van der Waals surface area contributed by atoms with Crippen LogP contribution in [-0.2, 0) is 11.8 Å². The molecule has 0 aliphatic carbocycles. The maximum Gasteiger partial charge on any atom is 0.226 e. The largest absolute Gasteiger partial charge is 0.339 e. The number of hydrogen-bond donors (Lipinski definition) is 1. The fraction of sp³-hybridized carbons (Fsp3) is 0.846. The van der Waals surface area contributed by atoms with Gasteiger partial charge in [-0.05, 0) is 38.3 Å². The van der Waals surface area contributed by atoms with E-state index in [0.717, 1.165) is 37.0 Å². The van der Waals surface area contributed by atoms with E-state index in [4.69, 9.17) is 4.52 Å². The summed E-state index contributed by atoms with van der Waals surface area (Å²) in [6.07, 6.45) is 4.68. The van der Waals surface area contributed by atoms with E-state index in [1.165, 1.54) is 19.4 Å². The molecule has 1 aliphatic heterocycles. The Kier molecular flexibility index (Phi) is 3.82. The molecule has 0 amide bonds. The summed E-state index contributed by atoms with van der Waals surface area (Å²) in [7, 11) is 0. The Morgan fingerprint density at radius 1 is 1.41 bits per heavy atom. The molecule has 1 aromatic heterocycles. The highest BCUT2D eigenvalue weighted by molar-refractivity contribution is 5.00. The van der Waals surface area contributed by atoms with Gasteiger partial charge in [0.15, 0.2) is 5.82 Å². The summed E-state index contributed by atoms with van der Waals surface area (Å²) in [4.78, 5) is 4.47. The van der Waals surface area contributed by atoms with Crippen molar-refractivity contribution in [1.82, 2.24) is 15.5 Å². The molecule has 2 rings (SSSR count). The summed E-state index contributed by atoms with van der Waals surface area (Å²) < 4.78 is 5.30. The van der Waals surface area contributed by atoms with Crippen molar-refractivity contribution in [2.75, 3.05) is 13.1 Å². The Morgan fingerprint density at radius 2 is 2.24 bits per heavy atom. The molecule has 96 valence electrons. The van der Waals surface area contributed by atoms with Crippen molar-refractivity contribution in [3.8, 4) is 0 Å². The van der Waals surface area contributed by atoms with Gasteiger partial charge in [0.2, 0.25) is 5.89 Å². The molecule has 0 spiro atoms. The summed E-state index contributed by atoms with van der Waals surface area (Å²) in [6, 6.07) is 0. The first kappa shape index (κ1) is 12.6. The zero-order chi connectivity index (χ0) is 12.3. The van der Waals surface area contributed by atoms with Gasteiger partial charge in [-0.1, -0.05) is 25.9 Å². The SMILES string of the molecule is CC(C)(C)c1noc(CCC2CCCNC2)n1. The molecule has 1 N–H and O–H groups in total. The number of nitrogens with one attached hydrogen (secondary N) is 1. The lowest BCUT2D eigenvalue weighted by Gasteiger charge is -2.21. The van der Waals surface area contributed by atoms with Gasteiger partial charge in [0.05, 0.1) is 0 Å². The van der Waals surface area contributed by atoms with Gasteiger partial charge in [-0.15, -0.1) is 0 Å². The standard InChI is InChI=1S/C13H23N3O/c1-13(2,3)12-15-11(17-16-12)7-6-10-5-4-8-14-9-10/h10,14H,4-9H2,1-3H3.